The van der Waals surface area contributed by atoms with Crippen LogP contribution < -0.4 is 5.32 Å². The Morgan fingerprint density at radius 3 is 2.55 bits per heavy atom. The third-order valence-electron chi connectivity index (χ3n) is 4.00. The van der Waals surface area contributed by atoms with Gasteiger partial charge in [-0.2, -0.15) is 0 Å². The molecule has 0 saturated heterocycles. The molecule has 0 fully saturated rings. The fourth-order valence-corrected chi connectivity index (χ4v) is 3.26. The molecule has 2 heteroatoms. The van der Waals surface area contributed by atoms with Gasteiger partial charge in [-0.25, -0.2) is 0 Å². The summed E-state index contributed by atoms with van der Waals surface area (Å²) in [6.45, 7) is 7.98. The number of benzene rings is 1. The van der Waals surface area contributed by atoms with Crippen molar-refractivity contribution in [1.29, 1.82) is 0 Å². The van der Waals surface area contributed by atoms with Crippen molar-refractivity contribution in [3.8, 4) is 0 Å². The summed E-state index contributed by atoms with van der Waals surface area (Å²) >= 11 is 2.41. The van der Waals surface area contributed by atoms with Crippen LogP contribution in [0.4, 0.5) is 0 Å². The second-order valence-electron chi connectivity index (χ2n) is 5.71. The molecule has 0 amide bonds. The fourth-order valence-electron chi connectivity index (χ4n) is 2.69. The van der Waals surface area contributed by atoms with Crippen LogP contribution in [0.25, 0.3) is 0 Å². The van der Waals surface area contributed by atoms with Gasteiger partial charge in [0, 0.05) is 9.61 Å². The average Bonchev–Trinajstić information content (AvgIpc) is 2.46. The summed E-state index contributed by atoms with van der Waals surface area (Å²) in [6.07, 6.45) is 7.83. The molecule has 0 radical (unpaired) electrons. The number of hydrogen-bond donors (Lipinski definition) is 1. The molecule has 0 aliphatic rings. The number of hydrogen-bond acceptors (Lipinski definition) is 1. The van der Waals surface area contributed by atoms with E-state index in [1.807, 2.05) is 0 Å². The zero-order valence-electron chi connectivity index (χ0n) is 13.3. The first-order valence-electron chi connectivity index (χ1n) is 8.20. The van der Waals surface area contributed by atoms with Gasteiger partial charge in [-0.3, -0.25) is 0 Å². The molecule has 0 aliphatic heterocycles. The van der Waals surface area contributed by atoms with Crippen LogP contribution >= 0.6 is 22.6 Å². The average molecular weight is 387 g/mol. The van der Waals surface area contributed by atoms with Gasteiger partial charge in [0.1, 0.15) is 0 Å². The van der Waals surface area contributed by atoms with E-state index in [4.69, 9.17) is 0 Å². The predicted octanol–water partition coefficient (Wildman–Crippen LogP) is 5.94. The molecule has 1 nitrogen and oxygen atoms in total. The van der Waals surface area contributed by atoms with Crippen LogP contribution in [0.5, 0.6) is 0 Å². The Labute approximate surface area is 139 Å². The Morgan fingerprint density at radius 2 is 1.95 bits per heavy atom. The van der Waals surface area contributed by atoms with E-state index in [1.54, 1.807) is 0 Å². The lowest BCUT2D eigenvalue weighted by atomic mass is 9.89. The second kappa shape index (κ2) is 10.6. The Balaban J connectivity index is 2.72. The first-order chi connectivity index (χ1) is 9.71. The van der Waals surface area contributed by atoms with Crippen molar-refractivity contribution in [3.05, 3.63) is 33.4 Å². The molecule has 2 atom stereocenters. The van der Waals surface area contributed by atoms with Gasteiger partial charge in [0.25, 0.3) is 0 Å². The van der Waals surface area contributed by atoms with Gasteiger partial charge in [-0.15, -0.1) is 0 Å². The normalized spacial score (nSPS) is 14.2. The van der Waals surface area contributed by atoms with E-state index in [2.05, 4.69) is 72.9 Å². The van der Waals surface area contributed by atoms with Crippen LogP contribution in [-0.2, 0) is 0 Å². The summed E-state index contributed by atoms with van der Waals surface area (Å²) in [4.78, 5) is 0. The smallest absolute Gasteiger partial charge is 0.0323 e. The highest BCUT2D eigenvalue weighted by Crippen LogP contribution is 2.27. The van der Waals surface area contributed by atoms with E-state index in [9.17, 15) is 0 Å². The van der Waals surface area contributed by atoms with Crippen LogP contribution in [0, 0.1) is 9.49 Å². The van der Waals surface area contributed by atoms with Crippen LogP contribution in [-0.4, -0.2) is 6.54 Å². The highest BCUT2D eigenvalue weighted by Gasteiger charge is 2.16. The van der Waals surface area contributed by atoms with Crippen LogP contribution in [0.1, 0.15) is 70.9 Å². The molecular weight excluding hydrogens is 357 g/mol. The largest absolute Gasteiger partial charge is 0.310 e. The lowest BCUT2D eigenvalue weighted by Gasteiger charge is -2.24. The molecule has 0 spiro atoms. The van der Waals surface area contributed by atoms with E-state index >= 15 is 0 Å². The molecule has 114 valence electrons. The van der Waals surface area contributed by atoms with Crippen LogP contribution in [0.15, 0.2) is 24.3 Å². The Kier molecular flexibility index (Phi) is 9.53. The summed E-state index contributed by atoms with van der Waals surface area (Å²) < 4.78 is 1.34. The Hall–Kier alpha value is -0.0900. The summed E-state index contributed by atoms with van der Waals surface area (Å²) in [6, 6.07) is 9.49. The van der Waals surface area contributed by atoms with Gasteiger partial charge in [0.2, 0.25) is 0 Å². The van der Waals surface area contributed by atoms with Crippen molar-refractivity contribution in [3.63, 3.8) is 0 Å². The SMILES string of the molecule is CCCCC(CC)CC(NCCC)c1cccc(I)c1. The van der Waals surface area contributed by atoms with Crippen LogP contribution in [0.2, 0.25) is 0 Å². The third-order valence-corrected chi connectivity index (χ3v) is 4.68. The van der Waals surface area contributed by atoms with E-state index in [0.717, 1.165) is 12.5 Å². The van der Waals surface area contributed by atoms with Crippen molar-refractivity contribution in [1.82, 2.24) is 5.32 Å². The summed E-state index contributed by atoms with van der Waals surface area (Å²) in [7, 11) is 0. The summed E-state index contributed by atoms with van der Waals surface area (Å²) in [5, 5.41) is 3.75. The van der Waals surface area contributed by atoms with Crippen molar-refractivity contribution in [2.75, 3.05) is 6.54 Å². The van der Waals surface area contributed by atoms with Gasteiger partial charge in [-0.05, 0) is 65.6 Å². The highest BCUT2D eigenvalue weighted by atomic mass is 127. The van der Waals surface area contributed by atoms with Crippen LogP contribution in [0.3, 0.4) is 0 Å². The maximum absolute atomic E-state index is 3.75. The van der Waals surface area contributed by atoms with E-state index < -0.39 is 0 Å². The van der Waals surface area contributed by atoms with Gasteiger partial charge >= 0.3 is 0 Å². The predicted molar refractivity (Wildman–Crippen MR) is 98.1 cm³/mol. The third kappa shape index (κ3) is 6.57. The molecular formula is C18H30IN. The first-order valence-corrected chi connectivity index (χ1v) is 9.27. The molecule has 1 N–H and O–H groups in total. The Morgan fingerprint density at radius 1 is 1.15 bits per heavy atom. The number of rotatable bonds is 10. The standard InChI is InChI=1S/C18H30IN/c1-4-7-9-15(6-3)13-18(20-12-5-2)16-10-8-11-17(19)14-16/h8,10-11,14-15,18,20H,4-7,9,12-13H2,1-3H3. The molecule has 0 saturated carbocycles. The topological polar surface area (TPSA) is 12.0 Å². The van der Waals surface area contributed by atoms with E-state index in [1.165, 1.54) is 47.7 Å². The Bertz CT molecular complexity index is 364. The molecule has 20 heavy (non-hydrogen) atoms. The van der Waals surface area contributed by atoms with Gasteiger partial charge in [0.15, 0.2) is 0 Å². The van der Waals surface area contributed by atoms with E-state index in [0.29, 0.717) is 6.04 Å². The number of halogens is 1. The molecule has 0 bridgehead atoms. The van der Waals surface area contributed by atoms with Gasteiger partial charge in [0.05, 0.1) is 0 Å². The molecule has 0 aromatic heterocycles. The number of nitrogens with one attached hydrogen (secondary N) is 1. The summed E-state index contributed by atoms with van der Waals surface area (Å²) in [5.41, 5.74) is 1.46. The lowest BCUT2D eigenvalue weighted by molar-refractivity contribution is 0.353. The monoisotopic (exact) mass is 387 g/mol. The van der Waals surface area contributed by atoms with Gasteiger partial charge < -0.3 is 5.32 Å². The number of unbranched alkanes of at least 4 members (excludes halogenated alkanes) is 1. The van der Waals surface area contributed by atoms with Crippen molar-refractivity contribution in [2.24, 2.45) is 5.92 Å². The maximum Gasteiger partial charge on any atom is 0.0323 e. The second-order valence-corrected chi connectivity index (χ2v) is 6.96. The quantitative estimate of drug-likeness (QED) is 0.490. The molecule has 1 aromatic carbocycles. The van der Waals surface area contributed by atoms with Gasteiger partial charge in [-0.1, -0.05) is 58.6 Å². The van der Waals surface area contributed by atoms with E-state index in [-0.39, 0.29) is 0 Å². The summed E-state index contributed by atoms with van der Waals surface area (Å²) in [5.74, 6) is 0.849. The lowest BCUT2D eigenvalue weighted by Crippen LogP contribution is -2.24. The maximum atomic E-state index is 3.75. The van der Waals surface area contributed by atoms with Crippen molar-refractivity contribution < 1.29 is 0 Å². The minimum atomic E-state index is 0.520. The minimum absolute atomic E-state index is 0.520. The minimum Gasteiger partial charge on any atom is -0.310 e. The first kappa shape index (κ1) is 18.0. The molecule has 0 aliphatic carbocycles. The zero-order chi connectivity index (χ0) is 14.8. The fraction of sp³-hybridized carbons (Fsp3) is 0.667. The molecule has 1 aromatic rings. The van der Waals surface area contributed by atoms with Crippen molar-refractivity contribution >= 4 is 22.6 Å². The highest BCUT2D eigenvalue weighted by molar-refractivity contribution is 14.1. The molecule has 1 rings (SSSR count). The molecule has 2 unspecified atom stereocenters. The molecule has 0 heterocycles. The van der Waals surface area contributed by atoms with Crippen molar-refractivity contribution in [2.45, 2.75) is 65.3 Å². The zero-order valence-corrected chi connectivity index (χ0v) is 15.4.